The number of fused-ring (bicyclic) bond motifs is 1. The van der Waals surface area contributed by atoms with Crippen LogP contribution in [0.4, 0.5) is 5.69 Å². The fourth-order valence-corrected chi connectivity index (χ4v) is 3.00. The summed E-state index contributed by atoms with van der Waals surface area (Å²) < 4.78 is 6.27. The Morgan fingerprint density at radius 2 is 1.77 bits per heavy atom. The standard InChI is InChI=1S/C22H16N4O5/c27-21-17-8-4-5-9-18(17)24-22(28)25(21)23-13-16-10-11-20(19(12-16)26(29)30)31-14-15-6-2-1-3-7-15/h1-13H,14H2,(H,24,28). The Morgan fingerprint density at radius 3 is 2.55 bits per heavy atom. The van der Waals surface area contributed by atoms with Crippen molar-refractivity contribution in [3.05, 3.63) is 115 Å². The summed E-state index contributed by atoms with van der Waals surface area (Å²) >= 11 is 0. The summed E-state index contributed by atoms with van der Waals surface area (Å²) in [5.41, 5.74) is 0.0555. The number of benzene rings is 3. The van der Waals surface area contributed by atoms with Crippen molar-refractivity contribution in [3.63, 3.8) is 0 Å². The molecule has 3 aromatic carbocycles. The predicted octanol–water partition coefficient (Wildman–Crippen LogP) is 3.06. The maximum absolute atomic E-state index is 12.5. The second kappa shape index (κ2) is 8.46. The van der Waals surface area contributed by atoms with Gasteiger partial charge in [-0.1, -0.05) is 42.5 Å². The van der Waals surface area contributed by atoms with E-state index < -0.39 is 16.2 Å². The van der Waals surface area contributed by atoms with E-state index >= 15 is 0 Å². The van der Waals surface area contributed by atoms with Gasteiger partial charge in [0.2, 0.25) is 0 Å². The van der Waals surface area contributed by atoms with Gasteiger partial charge in [0, 0.05) is 11.6 Å². The zero-order valence-electron chi connectivity index (χ0n) is 16.1. The van der Waals surface area contributed by atoms with Crippen molar-refractivity contribution >= 4 is 22.8 Å². The smallest absolute Gasteiger partial charge is 0.349 e. The average Bonchev–Trinajstić information content (AvgIpc) is 2.78. The predicted molar refractivity (Wildman–Crippen MR) is 116 cm³/mol. The van der Waals surface area contributed by atoms with Crippen molar-refractivity contribution in [1.82, 2.24) is 9.66 Å². The average molecular weight is 416 g/mol. The van der Waals surface area contributed by atoms with Crippen LogP contribution >= 0.6 is 0 Å². The molecule has 0 aliphatic rings. The molecule has 9 heteroatoms. The SMILES string of the molecule is O=c1[nH]c2ccccc2c(=O)n1N=Cc1ccc(OCc2ccccc2)c([N+](=O)[O-])c1. The van der Waals surface area contributed by atoms with Crippen LogP contribution < -0.4 is 16.0 Å². The van der Waals surface area contributed by atoms with Crippen molar-refractivity contribution in [1.29, 1.82) is 0 Å². The monoisotopic (exact) mass is 416 g/mol. The molecule has 1 N–H and O–H groups in total. The van der Waals surface area contributed by atoms with Crippen LogP contribution in [-0.4, -0.2) is 20.8 Å². The molecule has 0 radical (unpaired) electrons. The number of para-hydroxylation sites is 1. The van der Waals surface area contributed by atoms with E-state index in [0.29, 0.717) is 21.1 Å². The van der Waals surface area contributed by atoms with Crippen molar-refractivity contribution in [2.24, 2.45) is 5.10 Å². The van der Waals surface area contributed by atoms with Crippen LogP contribution in [0.3, 0.4) is 0 Å². The number of nitro groups is 1. The minimum Gasteiger partial charge on any atom is -0.482 e. The first-order valence-electron chi connectivity index (χ1n) is 9.26. The number of nitro benzene ring substituents is 1. The number of rotatable bonds is 6. The Kier molecular flexibility index (Phi) is 5.39. The molecule has 9 nitrogen and oxygen atoms in total. The van der Waals surface area contributed by atoms with Gasteiger partial charge < -0.3 is 9.72 Å². The van der Waals surface area contributed by atoms with Gasteiger partial charge in [-0.3, -0.25) is 14.9 Å². The van der Waals surface area contributed by atoms with Crippen LogP contribution in [0.5, 0.6) is 5.75 Å². The fourth-order valence-electron chi connectivity index (χ4n) is 3.00. The third-order valence-electron chi connectivity index (χ3n) is 4.52. The van der Waals surface area contributed by atoms with Crippen LogP contribution in [0, 0.1) is 10.1 Å². The lowest BCUT2D eigenvalue weighted by Gasteiger charge is -2.07. The number of ether oxygens (including phenoxy) is 1. The molecule has 31 heavy (non-hydrogen) atoms. The summed E-state index contributed by atoms with van der Waals surface area (Å²) in [4.78, 5) is 38.2. The Hall–Kier alpha value is -4.53. The van der Waals surface area contributed by atoms with Crippen LogP contribution in [0.15, 0.2) is 87.5 Å². The van der Waals surface area contributed by atoms with Gasteiger partial charge in [0.25, 0.3) is 5.56 Å². The highest BCUT2D eigenvalue weighted by Crippen LogP contribution is 2.28. The number of hydrogen-bond donors (Lipinski definition) is 1. The zero-order chi connectivity index (χ0) is 21.8. The number of nitrogens with one attached hydrogen (secondary N) is 1. The van der Waals surface area contributed by atoms with Gasteiger partial charge in [-0.2, -0.15) is 5.10 Å². The summed E-state index contributed by atoms with van der Waals surface area (Å²) in [6.45, 7) is 0.178. The van der Waals surface area contributed by atoms with E-state index in [0.717, 1.165) is 5.56 Å². The van der Waals surface area contributed by atoms with Crippen LogP contribution in [0.1, 0.15) is 11.1 Å². The molecule has 0 amide bonds. The second-order valence-electron chi connectivity index (χ2n) is 6.60. The number of aromatic nitrogens is 2. The van der Waals surface area contributed by atoms with E-state index in [1.54, 1.807) is 30.3 Å². The summed E-state index contributed by atoms with van der Waals surface area (Å²) in [5.74, 6) is 0.103. The number of aromatic amines is 1. The second-order valence-corrected chi connectivity index (χ2v) is 6.60. The van der Waals surface area contributed by atoms with E-state index in [1.807, 2.05) is 30.3 Å². The van der Waals surface area contributed by atoms with Gasteiger partial charge in [-0.15, -0.1) is 4.68 Å². The lowest BCUT2D eigenvalue weighted by atomic mass is 10.2. The molecule has 0 aliphatic heterocycles. The van der Waals surface area contributed by atoms with E-state index in [2.05, 4.69) is 10.1 Å². The minimum absolute atomic E-state index is 0.103. The molecular formula is C22H16N4O5. The van der Waals surface area contributed by atoms with Gasteiger partial charge in [0.15, 0.2) is 5.75 Å². The molecule has 0 bridgehead atoms. The van der Waals surface area contributed by atoms with Crippen LogP contribution in [0.25, 0.3) is 10.9 Å². The summed E-state index contributed by atoms with van der Waals surface area (Å²) in [6, 6.07) is 20.1. The first-order valence-corrected chi connectivity index (χ1v) is 9.26. The Balaban J connectivity index is 1.63. The lowest BCUT2D eigenvalue weighted by Crippen LogP contribution is -2.32. The van der Waals surface area contributed by atoms with Gasteiger partial charge in [-0.25, -0.2) is 4.79 Å². The molecule has 1 heterocycles. The van der Waals surface area contributed by atoms with Gasteiger partial charge >= 0.3 is 11.4 Å². The van der Waals surface area contributed by atoms with Crippen molar-refractivity contribution in [3.8, 4) is 5.75 Å². The molecular weight excluding hydrogens is 400 g/mol. The van der Waals surface area contributed by atoms with Crippen LogP contribution in [0.2, 0.25) is 0 Å². The maximum Gasteiger partial charge on any atom is 0.349 e. The third kappa shape index (κ3) is 4.25. The molecule has 0 fully saturated rings. The number of H-pyrrole nitrogens is 1. The van der Waals surface area contributed by atoms with Gasteiger partial charge in [0.05, 0.1) is 22.0 Å². The minimum atomic E-state index is -0.711. The van der Waals surface area contributed by atoms with E-state index in [9.17, 15) is 19.7 Å². The lowest BCUT2D eigenvalue weighted by molar-refractivity contribution is -0.385. The first kappa shape index (κ1) is 19.8. The highest BCUT2D eigenvalue weighted by molar-refractivity contribution is 5.82. The first-order chi connectivity index (χ1) is 15.0. The maximum atomic E-state index is 12.5. The third-order valence-corrected chi connectivity index (χ3v) is 4.52. The van der Waals surface area contributed by atoms with Gasteiger partial charge in [-0.05, 0) is 29.8 Å². The number of nitrogens with zero attached hydrogens (tertiary/aromatic N) is 3. The Labute approximate surface area is 175 Å². The highest BCUT2D eigenvalue weighted by atomic mass is 16.6. The largest absolute Gasteiger partial charge is 0.482 e. The molecule has 1 aromatic heterocycles. The van der Waals surface area contributed by atoms with E-state index in [4.69, 9.17) is 4.74 Å². The van der Waals surface area contributed by atoms with Crippen LogP contribution in [-0.2, 0) is 6.61 Å². The summed E-state index contributed by atoms with van der Waals surface area (Å²) in [6.07, 6.45) is 1.21. The van der Waals surface area contributed by atoms with Crippen molar-refractivity contribution in [2.45, 2.75) is 6.61 Å². The highest BCUT2D eigenvalue weighted by Gasteiger charge is 2.16. The fraction of sp³-hybridized carbons (Fsp3) is 0.0455. The zero-order valence-corrected chi connectivity index (χ0v) is 16.1. The molecule has 0 spiro atoms. The molecule has 0 unspecified atom stereocenters. The normalized spacial score (nSPS) is 11.1. The number of hydrogen-bond acceptors (Lipinski definition) is 6. The van der Waals surface area contributed by atoms with E-state index in [1.165, 1.54) is 18.3 Å². The Bertz CT molecular complexity index is 1410. The van der Waals surface area contributed by atoms with Crippen molar-refractivity contribution in [2.75, 3.05) is 0 Å². The molecule has 0 saturated heterocycles. The summed E-state index contributed by atoms with van der Waals surface area (Å²) in [7, 11) is 0. The topological polar surface area (TPSA) is 120 Å². The molecule has 0 atom stereocenters. The molecule has 154 valence electrons. The molecule has 0 saturated carbocycles. The summed E-state index contributed by atoms with van der Waals surface area (Å²) in [5, 5.41) is 15.7. The molecule has 4 rings (SSSR count). The van der Waals surface area contributed by atoms with Gasteiger partial charge in [0.1, 0.15) is 6.61 Å². The molecule has 4 aromatic rings. The van der Waals surface area contributed by atoms with Crippen molar-refractivity contribution < 1.29 is 9.66 Å². The van der Waals surface area contributed by atoms with E-state index in [-0.39, 0.29) is 18.0 Å². The quantitative estimate of drug-likeness (QED) is 0.294. The Morgan fingerprint density at radius 1 is 1.03 bits per heavy atom. The molecule has 0 aliphatic carbocycles.